The highest BCUT2D eigenvalue weighted by Crippen LogP contribution is 2.31. The Morgan fingerprint density at radius 1 is 1.05 bits per heavy atom. The van der Waals surface area contributed by atoms with Crippen molar-refractivity contribution in [2.45, 2.75) is 38.1 Å². The molecular formula is C30H33Cl3N6O2S. The van der Waals surface area contributed by atoms with E-state index in [1.807, 2.05) is 43.4 Å². The first-order chi connectivity index (χ1) is 19.3. The molecule has 1 aliphatic heterocycles. The van der Waals surface area contributed by atoms with Gasteiger partial charge in [0.15, 0.2) is 5.52 Å². The summed E-state index contributed by atoms with van der Waals surface area (Å²) in [6.07, 6.45) is 2.62. The molecule has 2 aromatic carbocycles. The van der Waals surface area contributed by atoms with Gasteiger partial charge in [-0.25, -0.2) is 4.98 Å². The first-order valence-corrected chi connectivity index (χ1v) is 14.6. The highest BCUT2D eigenvalue weighted by Gasteiger charge is 2.33. The molecule has 0 bridgehead atoms. The maximum absolute atomic E-state index is 13.4. The van der Waals surface area contributed by atoms with Gasteiger partial charge in [-0.3, -0.25) is 18.9 Å². The first kappa shape index (κ1) is 32.2. The van der Waals surface area contributed by atoms with E-state index in [2.05, 4.69) is 38.6 Å². The lowest BCUT2D eigenvalue weighted by molar-refractivity contribution is -0.0364. The van der Waals surface area contributed by atoms with E-state index >= 15 is 0 Å². The Morgan fingerprint density at radius 3 is 2.40 bits per heavy atom. The van der Waals surface area contributed by atoms with Crippen molar-refractivity contribution in [2.75, 3.05) is 13.1 Å². The zero-order valence-electron chi connectivity index (χ0n) is 23.1. The number of nitrogens with zero attached hydrogens (tertiary/aromatic N) is 5. The number of hydrogen-bond donors (Lipinski definition) is 2. The summed E-state index contributed by atoms with van der Waals surface area (Å²) in [4.78, 5) is 21.5. The van der Waals surface area contributed by atoms with Crippen molar-refractivity contribution in [3.63, 3.8) is 0 Å². The largest absolute Gasteiger partial charge is 0.388 e. The number of benzene rings is 2. The number of thiophene rings is 1. The molecule has 8 nitrogen and oxygen atoms in total. The summed E-state index contributed by atoms with van der Waals surface area (Å²) in [5.74, 6) is 0. The Morgan fingerprint density at radius 2 is 1.76 bits per heavy atom. The SMILES string of the molecule is Cl.Cl.Cn1nc2c(=O)n(CC3(O)CCN(Cc4ccc(-c5cccs5)cc4Cl)CC3)cnc2c1-c1ccc(CN)cc1. The number of likely N-dealkylation sites (tertiary alicyclic amines) is 1. The monoisotopic (exact) mass is 646 g/mol. The van der Waals surface area contributed by atoms with Crippen LogP contribution in [0.5, 0.6) is 0 Å². The Balaban J connectivity index is 0.00000202. The number of aromatic nitrogens is 4. The van der Waals surface area contributed by atoms with Gasteiger partial charge < -0.3 is 10.8 Å². The molecule has 222 valence electrons. The number of nitrogens with two attached hydrogens (primary N) is 1. The van der Waals surface area contributed by atoms with Crippen LogP contribution in [0, 0.1) is 0 Å². The molecule has 3 aromatic heterocycles. The number of aryl methyl sites for hydroxylation is 1. The molecule has 0 spiro atoms. The number of aliphatic hydroxyl groups is 1. The minimum atomic E-state index is -1.00. The molecule has 5 aromatic rings. The molecule has 0 atom stereocenters. The maximum Gasteiger partial charge on any atom is 0.281 e. The highest BCUT2D eigenvalue weighted by molar-refractivity contribution is 7.13. The van der Waals surface area contributed by atoms with E-state index in [4.69, 9.17) is 17.3 Å². The van der Waals surface area contributed by atoms with Crippen molar-refractivity contribution < 1.29 is 5.11 Å². The predicted octanol–water partition coefficient (Wildman–Crippen LogP) is 5.51. The second kappa shape index (κ2) is 13.3. The van der Waals surface area contributed by atoms with E-state index in [-0.39, 0.29) is 36.9 Å². The molecule has 0 unspecified atom stereocenters. The smallest absolute Gasteiger partial charge is 0.281 e. The molecule has 4 heterocycles. The molecule has 42 heavy (non-hydrogen) atoms. The van der Waals surface area contributed by atoms with Crippen molar-refractivity contribution >= 4 is 58.8 Å². The third-order valence-corrected chi connectivity index (χ3v) is 9.05. The fraction of sp³-hybridized carbons (Fsp3) is 0.300. The van der Waals surface area contributed by atoms with E-state index in [0.717, 1.165) is 39.5 Å². The summed E-state index contributed by atoms with van der Waals surface area (Å²) in [6, 6.07) is 18.2. The quantitative estimate of drug-likeness (QED) is 0.242. The van der Waals surface area contributed by atoms with Gasteiger partial charge in [0.1, 0.15) is 5.52 Å². The van der Waals surface area contributed by atoms with Crippen LogP contribution in [0.2, 0.25) is 5.02 Å². The zero-order valence-corrected chi connectivity index (χ0v) is 26.3. The van der Waals surface area contributed by atoms with Gasteiger partial charge in [0, 0.05) is 48.7 Å². The molecular weight excluding hydrogens is 615 g/mol. The van der Waals surface area contributed by atoms with E-state index < -0.39 is 5.60 Å². The second-order valence-corrected chi connectivity index (χ2v) is 11.9. The van der Waals surface area contributed by atoms with Crippen LogP contribution < -0.4 is 11.3 Å². The van der Waals surface area contributed by atoms with Crippen molar-refractivity contribution in [1.29, 1.82) is 0 Å². The van der Waals surface area contributed by atoms with Crippen LogP contribution in [0.3, 0.4) is 0 Å². The number of halogens is 3. The van der Waals surface area contributed by atoms with Crippen molar-refractivity contribution in [3.05, 3.63) is 92.8 Å². The third kappa shape index (κ3) is 6.43. The van der Waals surface area contributed by atoms with Gasteiger partial charge in [-0.05, 0) is 47.0 Å². The number of rotatable bonds is 7. The Hall–Kier alpha value is -2.76. The Bertz CT molecular complexity index is 1710. The molecule has 1 aliphatic rings. The summed E-state index contributed by atoms with van der Waals surface area (Å²) in [7, 11) is 1.81. The molecule has 0 amide bonds. The topological polar surface area (TPSA) is 102 Å². The van der Waals surface area contributed by atoms with Crippen LogP contribution in [0.4, 0.5) is 0 Å². The van der Waals surface area contributed by atoms with E-state index in [1.165, 1.54) is 15.8 Å². The fourth-order valence-electron chi connectivity index (χ4n) is 5.44. The van der Waals surface area contributed by atoms with Crippen molar-refractivity contribution in [1.82, 2.24) is 24.2 Å². The summed E-state index contributed by atoms with van der Waals surface area (Å²) >= 11 is 8.33. The number of fused-ring (bicyclic) bond motifs is 1. The zero-order chi connectivity index (χ0) is 27.9. The van der Waals surface area contributed by atoms with Gasteiger partial charge >= 0.3 is 0 Å². The average molecular weight is 648 g/mol. The molecule has 1 fully saturated rings. The van der Waals surface area contributed by atoms with Gasteiger partial charge in [0.05, 0.1) is 24.2 Å². The van der Waals surface area contributed by atoms with Gasteiger partial charge in [-0.2, -0.15) is 5.10 Å². The van der Waals surface area contributed by atoms with Gasteiger partial charge in [-0.1, -0.05) is 54.1 Å². The van der Waals surface area contributed by atoms with Gasteiger partial charge in [0.25, 0.3) is 5.56 Å². The maximum atomic E-state index is 13.4. The Labute approximate surface area is 265 Å². The molecule has 6 rings (SSSR count). The third-order valence-electron chi connectivity index (χ3n) is 7.78. The van der Waals surface area contributed by atoms with Crippen LogP contribution in [-0.4, -0.2) is 48.0 Å². The molecule has 0 radical (unpaired) electrons. The summed E-state index contributed by atoms with van der Waals surface area (Å²) in [5, 5.41) is 18.7. The minimum Gasteiger partial charge on any atom is -0.388 e. The fourth-order valence-corrected chi connectivity index (χ4v) is 6.41. The van der Waals surface area contributed by atoms with Crippen LogP contribution in [0.1, 0.15) is 24.0 Å². The van der Waals surface area contributed by atoms with Crippen LogP contribution in [0.15, 0.2) is 71.1 Å². The molecule has 3 N–H and O–H groups in total. The van der Waals surface area contributed by atoms with Crippen LogP contribution in [0.25, 0.3) is 32.7 Å². The van der Waals surface area contributed by atoms with Crippen LogP contribution in [-0.2, 0) is 26.7 Å². The highest BCUT2D eigenvalue weighted by atomic mass is 35.5. The molecule has 0 aliphatic carbocycles. The lowest BCUT2D eigenvalue weighted by Gasteiger charge is -2.38. The second-order valence-electron chi connectivity index (χ2n) is 10.5. The number of piperidine rings is 1. The van der Waals surface area contributed by atoms with E-state index in [9.17, 15) is 9.90 Å². The van der Waals surface area contributed by atoms with Gasteiger partial charge in [-0.15, -0.1) is 36.2 Å². The standard InChI is InChI=1S/C30H31ClN6O2S.2ClH/c1-35-28(21-6-4-20(16-32)5-7-21)26-27(34-35)29(38)37(19-33-26)18-30(39)10-12-36(13-11-30)17-23-9-8-22(15-24(23)31)25-3-2-14-40-25;;/h2-9,14-15,19,39H,10-13,16-18,32H2,1H3;2*1H. The first-order valence-electron chi connectivity index (χ1n) is 13.3. The van der Waals surface area contributed by atoms with Crippen LogP contribution >= 0.6 is 47.8 Å². The minimum absolute atomic E-state index is 0. The molecule has 1 saturated heterocycles. The average Bonchev–Trinajstić information content (AvgIpc) is 3.61. The summed E-state index contributed by atoms with van der Waals surface area (Å²) in [5.41, 5.74) is 10.2. The molecule has 0 saturated carbocycles. The summed E-state index contributed by atoms with van der Waals surface area (Å²) in [6.45, 7) is 2.77. The summed E-state index contributed by atoms with van der Waals surface area (Å²) < 4.78 is 3.18. The van der Waals surface area contributed by atoms with Crippen molar-refractivity contribution in [2.24, 2.45) is 12.8 Å². The van der Waals surface area contributed by atoms with E-state index in [1.54, 1.807) is 16.0 Å². The lowest BCUT2D eigenvalue weighted by Crippen LogP contribution is -2.47. The number of hydrogen-bond acceptors (Lipinski definition) is 7. The lowest BCUT2D eigenvalue weighted by atomic mass is 9.91. The van der Waals surface area contributed by atoms with E-state index in [0.29, 0.717) is 43.5 Å². The Kier molecular flexibility index (Phi) is 10.2. The van der Waals surface area contributed by atoms with Gasteiger partial charge in [0.2, 0.25) is 0 Å². The predicted molar refractivity (Wildman–Crippen MR) is 175 cm³/mol. The normalized spacial score (nSPS) is 14.9. The molecule has 12 heteroatoms. The van der Waals surface area contributed by atoms with Crippen molar-refractivity contribution in [3.8, 4) is 21.7 Å².